The van der Waals surface area contributed by atoms with Gasteiger partial charge in [0.2, 0.25) is 0 Å². The Hall–Kier alpha value is -6.97. The Morgan fingerprint density at radius 1 is 0.369 bits per heavy atom. The molecule has 0 saturated carbocycles. The van der Waals surface area contributed by atoms with Crippen molar-refractivity contribution in [2.24, 2.45) is 0 Å². The molecule has 0 bridgehead atoms. The maximum atomic E-state index is 7.79. The van der Waals surface area contributed by atoms with Crippen LogP contribution in [0.4, 0.5) is 51.2 Å². The summed E-state index contributed by atoms with van der Waals surface area (Å²) in [7, 11) is 0. The minimum atomic E-state index is -2.85. The zero-order chi connectivity index (χ0) is 43.9. The van der Waals surface area contributed by atoms with Crippen LogP contribution in [0.15, 0.2) is 188 Å². The second kappa shape index (κ2) is 13.8. The van der Waals surface area contributed by atoms with Crippen LogP contribution in [0.5, 0.6) is 0 Å². The number of rotatable bonds is 5. The van der Waals surface area contributed by atoms with Crippen molar-refractivity contribution in [3.05, 3.63) is 238 Å². The third kappa shape index (κ3) is 5.10. The first kappa shape index (κ1) is 38.5. The predicted octanol–water partition coefficient (Wildman–Crippen LogP) is 14.7. The molecule has 1 atom stereocenters. The van der Waals surface area contributed by atoms with E-state index in [9.17, 15) is 0 Å². The van der Waals surface area contributed by atoms with Gasteiger partial charge in [-0.15, -0.1) is 0 Å². The molecule has 3 nitrogen and oxygen atoms in total. The van der Waals surface area contributed by atoms with Crippen LogP contribution >= 0.6 is 6.04 Å². The summed E-state index contributed by atoms with van der Waals surface area (Å²) in [5, 5.41) is 3.79. The molecule has 0 aromatic heterocycles. The summed E-state index contributed by atoms with van der Waals surface area (Å²) in [6, 6.07) is 68.3. The Morgan fingerprint density at radius 3 is 1.22 bits per heavy atom. The van der Waals surface area contributed by atoms with Crippen molar-refractivity contribution in [2.75, 3.05) is 14.7 Å². The summed E-state index contributed by atoms with van der Waals surface area (Å²) in [5.74, 6) is 0. The number of nitrogens with zero attached hydrogens (tertiary/aromatic N) is 3. The van der Waals surface area contributed by atoms with E-state index >= 15 is 0 Å². The molecular weight excluding hydrogens is 826 g/mol. The van der Waals surface area contributed by atoms with Crippen LogP contribution in [-0.4, -0.2) is 0 Å². The van der Waals surface area contributed by atoms with E-state index in [1.54, 1.807) is 0 Å². The van der Waals surface area contributed by atoms with Gasteiger partial charge in [-0.2, -0.15) is 0 Å². The Balaban J connectivity index is 1.28. The van der Waals surface area contributed by atoms with E-state index in [1.165, 1.54) is 106 Å². The molecule has 0 radical (unpaired) electrons. The van der Waals surface area contributed by atoms with Crippen molar-refractivity contribution < 1.29 is 0 Å². The largest absolute Gasteiger partial charge is 0.309 e. The van der Waals surface area contributed by atoms with E-state index in [1.807, 2.05) is 0 Å². The Kier molecular flexibility index (Phi) is 8.15. The molecule has 13 rings (SSSR count). The van der Waals surface area contributed by atoms with Crippen LogP contribution in [-0.2, 0) is 17.2 Å². The molecule has 1 aliphatic carbocycles. The second-order valence-corrected chi connectivity index (χ2v) is 22.7. The van der Waals surface area contributed by atoms with E-state index in [2.05, 4.69) is 237 Å². The van der Waals surface area contributed by atoms with Crippen molar-refractivity contribution in [1.29, 1.82) is 0 Å². The average Bonchev–Trinajstić information content (AvgIpc) is 3.61. The number of fused-ring (bicyclic) bond motifs is 4. The quantitative estimate of drug-likeness (QED) is 0.159. The van der Waals surface area contributed by atoms with E-state index in [0.29, 0.717) is 0 Å². The van der Waals surface area contributed by atoms with Gasteiger partial charge in [0.05, 0.1) is 45.6 Å². The Morgan fingerprint density at radius 2 is 0.754 bits per heavy atom. The van der Waals surface area contributed by atoms with Crippen LogP contribution in [0.2, 0.25) is 0 Å². The summed E-state index contributed by atoms with van der Waals surface area (Å²) in [4.78, 5) is 7.71. The fourth-order valence-electron chi connectivity index (χ4n) is 11.7. The topological polar surface area (TPSA) is 9.72 Å². The number of benzene rings is 9. The Bertz CT molecular complexity index is 3440. The van der Waals surface area contributed by atoms with E-state index in [0.717, 1.165) is 22.7 Å². The van der Waals surface area contributed by atoms with E-state index in [4.69, 9.17) is 11.8 Å². The number of hydrogen-bond donors (Lipinski definition) is 0. The molecule has 65 heavy (non-hydrogen) atoms. The van der Waals surface area contributed by atoms with Gasteiger partial charge in [0.25, 0.3) is 0 Å². The molecule has 4 aliphatic rings. The molecule has 5 heteroatoms. The third-order valence-electron chi connectivity index (χ3n) is 14.3. The first-order valence-corrected chi connectivity index (χ1v) is 25.4. The minimum absolute atomic E-state index is 0.629. The van der Waals surface area contributed by atoms with Crippen LogP contribution in [0.25, 0.3) is 11.1 Å². The van der Waals surface area contributed by atoms with Crippen molar-refractivity contribution in [3.8, 4) is 11.1 Å². The highest BCUT2D eigenvalue weighted by Crippen LogP contribution is 2.71. The lowest BCUT2D eigenvalue weighted by molar-refractivity contribution is 0.768. The smallest absolute Gasteiger partial charge is 0.0715 e. The van der Waals surface area contributed by atoms with Gasteiger partial charge in [0.1, 0.15) is 0 Å². The maximum absolute atomic E-state index is 7.79. The van der Waals surface area contributed by atoms with Gasteiger partial charge in [-0.1, -0.05) is 150 Å². The lowest BCUT2D eigenvalue weighted by Crippen LogP contribution is -2.48. The fourth-order valence-corrected chi connectivity index (χ4v) is 17.0. The first-order chi connectivity index (χ1) is 31.7. The highest BCUT2D eigenvalue weighted by atomic mass is 32.4. The van der Waals surface area contributed by atoms with Gasteiger partial charge < -0.3 is 14.7 Å². The molecule has 312 valence electrons. The van der Waals surface area contributed by atoms with E-state index < -0.39 is 11.5 Å². The third-order valence-corrected chi connectivity index (χ3v) is 19.2. The number of hydrogen-bond acceptors (Lipinski definition) is 4. The maximum Gasteiger partial charge on any atom is 0.0715 e. The molecule has 0 saturated heterocycles. The SMILES string of the molecule is Cc1ccc(N2c3cc(C)cc4c3P3(=S)c5c2cc(C)cc5N(c2ccc(C)cc2)c2c5c(cc(c23)N4c2ccc(C)cc2)C(c2ccccc2)(c2ccccc2)c2ccccc2-5)cc1. The summed E-state index contributed by atoms with van der Waals surface area (Å²) in [6.45, 7) is 11.0. The van der Waals surface area contributed by atoms with Crippen LogP contribution in [0.3, 0.4) is 0 Å². The highest BCUT2D eigenvalue weighted by molar-refractivity contribution is 8.26. The zero-order valence-corrected chi connectivity index (χ0v) is 38.8. The average molecular weight is 872 g/mol. The van der Waals surface area contributed by atoms with Crippen LogP contribution in [0.1, 0.15) is 50.1 Å². The van der Waals surface area contributed by atoms with Gasteiger partial charge in [-0.3, -0.25) is 0 Å². The second-order valence-electron chi connectivity index (χ2n) is 18.5. The summed E-state index contributed by atoms with van der Waals surface area (Å²) in [5.41, 5.74) is 23.4. The van der Waals surface area contributed by atoms with Gasteiger partial charge in [0, 0.05) is 38.5 Å². The van der Waals surface area contributed by atoms with Crippen LogP contribution < -0.4 is 30.6 Å². The van der Waals surface area contributed by atoms with Crippen molar-refractivity contribution in [2.45, 2.75) is 40.0 Å². The lowest BCUT2D eigenvalue weighted by Gasteiger charge is -2.52. The molecule has 0 amide bonds. The lowest BCUT2D eigenvalue weighted by atomic mass is 9.67. The van der Waals surface area contributed by atoms with Gasteiger partial charge in [-0.25, -0.2) is 0 Å². The fraction of sp³-hybridized carbons (Fsp3) is 0.100. The predicted molar refractivity (Wildman–Crippen MR) is 278 cm³/mol. The summed E-state index contributed by atoms with van der Waals surface area (Å²) < 4.78 is 0. The van der Waals surface area contributed by atoms with Gasteiger partial charge in [0.15, 0.2) is 0 Å². The molecule has 1 unspecified atom stereocenters. The minimum Gasteiger partial charge on any atom is -0.309 e. The Labute approximate surface area is 386 Å². The standard InChI is InChI=1S/C60H46N3PS/c1-37-20-26-44(27-21-37)61-50-32-40(4)33-51-57(50)64(65)58-52(61)34-41(5)35-53(58)63(46-30-24-39(3)25-31-46)56-55-47-18-12-13-19-48(47)60(42-14-8-6-9-15-42,43-16-10-7-11-17-43)49(55)36-54(59(56)64)62(51)45-28-22-38(2)23-29-45/h6-36H,1-5H3. The molecule has 0 N–H and O–H groups in total. The molecular formula is C60H46N3PS. The van der Waals surface area contributed by atoms with Crippen molar-refractivity contribution >= 4 is 84.9 Å². The molecule has 9 aromatic carbocycles. The molecule has 0 fully saturated rings. The van der Waals surface area contributed by atoms with Gasteiger partial charge >= 0.3 is 0 Å². The van der Waals surface area contributed by atoms with Crippen LogP contribution in [0, 0.1) is 34.6 Å². The monoisotopic (exact) mass is 871 g/mol. The summed E-state index contributed by atoms with van der Waals surface area (Å²) in [6.07, 6.45) is 0. The normalized spacial score (nSPS) is 16.5. The van der Waals surface area contributed by atoms with E-state index in [-0.39, 0.29) is 0 Å². The highest BCUT2D eigenvalue weighted by Gasteiger charge is 2.56. The van der Waals surface area contributed by atoms with Crippen molar-refractivity contribution in [1.82, 2.24) is 0 Å². The molecule has 9 aromatic rings. The van der Waals surface area contributed by atoms with Gasteiger partial charge in [-0.05, 0) is 140 Å². The molecule has 3 aliphatic heterocycles. The zero-order valence-electron chi connectivity index (χ0n) is 37.1. The molecule has 0 spiro atoms. The van der Waals surface area contributed by atoms with Crippen molar-refractivity contribution in [3.63, 3.8) is 0 Å². The number of anilines is 9. The first-order valence-electron chi connectivity index (χ1n) is 22.6. The molecule has 3 heterocycles. The number of aryl methyl sites for hydroxylation is 5. The summed E-state index contributed by atoms with van der Waals surface area (Å²) >= 11 is 7.79.